The zero-order chi connectivity index (χ0) is 10.8. The number of hydrogen-bond donors (Lipinski definition) is 1. The van der Waals surface area contributed by atoms with Gasteiger partial charge in [-0.3, -0.25) is 4.84 Å². The molecule has 3 atom stereocenters. The van der Waals surface area contributed by atoms with Gasteiger partial charge in [-0.25, -0.2) is 0 Å². The summed E-state index contributed by atoms with van der Waals surface area (Å²) in [6.45, 7) is 6.68. The first-order chi connectivity index (χ1) is 6.53. The van der Waals surface area contributed by atoms with Crippen LogP contribution in [0.4, 0.5) is 0 Å². The Hall–Kier alpha value is 0.270. The van der Waals surface area contributed by atoms with E-state index < -0.39 is 0 Å². The van der Waals surface area contributed by atoms with Gasteiger partial charge in [0.05, 0.1) is 6.10 Å². The molecule has 1 saturated heterocycles. The number of rotatable bonds is 3. The highest BCUT2D eigenvalue weighted by Gasteiger charge is 2.37. The summed E-state index contributed by atoms with van der Waals surface area (Å²) in [6.07, 6.45) is 3.92. The molecule has 0 spiro atoms. The summed E-state index contributed by atoms with van der Waals surface area (Å²) in [5, 5.41) is 2.05. The summed E-state index contributed by atoms with van der Waals surface area (Å²) < 4.78 is 0. The van der Waals surface area contributed by atoms with Crippen LogP contribution in [-0.4, -0.2) is 30.0 Å². The zero-order valence-electron chi connectivity index (χ0n) is 9.79. The first-order valence-corrected chi connectivity index (χ1v) is 6.17. The minimum absolute atomic E-state index is 0.276. The second-order valence-electron chi connectivity index (χ2n) is 4.72. The van der Waals surface area contributed by atoms with Crippen molar-refractivity contribution in [1.82, 2.24) is 5.06 Å². The van der Waals surface area contributed by atoms with Crippen molar-refractivity contribution in [3.05, 3.63) is 0 Å². The van der Waals surface area contributed by atoms with Gasteiger partial charge in [-0.2, -0.15) is 17.7 Å². The monoisotopic (exact) mass is 217 g/mol. The van der Waals surface area contributed by atoms with Gasteiger partial charge in [-0.15, -0.1) is 0 Å². The van der Waals surface area contributed by atoms with Gasteiger partial charge in [0, 0.05) is 13.1 Å². The molecule has 1 heterocycles. The lowest BCUT2D eigenvalue weighted by atomic mass is 9.78. The van der Waals surface area contributed by atoms with Crippen LogP contribution in [0.5, 0.6) is 0 Å². The van der Waals surface area contributed by atoms with Gasteiger partial charge in [0.15, 0.2) is 0 Å². The predicted molar refractivity (Wildman–Crippen MR) is 63.6 cm³/mol. The minimum Gasteiger partial charge on any atom is -0.296 e. The quantitative estimate of drug-likeness (QED) is 0.730. The van der Waals surface area contributed by atoms with E-state index in [1.54, 1.807) is 0 Å². The molecular formula is C11H23NOS. The summed E-state index contributed by atoms with van der Waals surface area (Å²) >= 11 is 4.47. The number of thiol groups is 1. The van der Waals surface area contributed by atoms with E-state index >= 15 is 0 Å². The van der Waals surface area contributed by atoms with Crippen LogP contribution in [0.1, 0.15) is 40.0 Å². The molecule has 0 saturated carbocycles. The Bertz CT molecular complexity index is 182. The third-order valence-corrected chi connectivity index (χ3v) is 4.33. The topological polar surface area (TPSA) is 12.5 Å². The molecule has 3 heteroatoms. The van der Waals surface area contributed by atoms with E-state index in [9.17, 15) is 0 Å². The van der Waals surface area contributed by atoms with Crippen molar-refractivity contribution in [1.29, 1.82) is 0 Å². The molecule has 0 radical (unpaired) electrons. The third-order valence-electron chi connectivity index (χ3n) is 3.61. The molecule has 1 fully saturated rings. The molecule has 14 heavy (non-hydrogen) atoms. The highest BCUT2D eigenvalue weighted by atomic mass is 32.1. The molecule has 1 aliphatic rings. The highest BCUT2D eigenvalue weighted by molar-refractivity contribution is 7.80. The number of hydroxylamine groups is 2. The van der Waals surface area contributed by atoms with Crippen LogP contribution >= 0.6 is 12.6 Å². The third kappa shape index (κ3) is 2.44. The Morgan fingerprint density at radius 1 is 1.50 bits per heavy atom. The molecule has 3 unspecified atom stereocenters. The van der Waals surface area contributed by atoms with E-state index in [0.29, 0.717) is 12.1 Å². The van der Waals surface area contributed by atoms with Crippen LogP contribution < -0.4 is 0 Å². The zero-order valence-corrected chi connectivity index (χ0v) is 10.7. The average Bonchev–Trinajstić information content (AvgIpc) is 2.17. The molecule has 0 aromatic carbocycles. The van der Waals surface area contributed by atoms with Crippen molar-refractivity contribution in [3.8, 4) is 0 Å². The molecule has 0 aromatic rings. The average molecular weight is 217 g/mol. The van der Waals surface area contributed by atoms with Gasteiger partial charge < -0.3 is 0 Å². The van der Waals surface area contributed by atoms with E-state index in [1.165, 1.54) is 12.8 Å². The molecule has 0 bridgehead atoms. The molecule has 0 aliphatic carbocycles. The molecular weight excluding hydrogens is 194 g/mol. The Balaban J connectivity index is 2.67. The maximum absolute atomic E-state index is 5.75. The molecule has 84 valence electrons. The van der Waals surface area contributed by atoms with Crippen LogP contribution in [0.3, 0.4) is 0 Å². The fourth-order valence-electron chi connectivity index (χ4n) is 2.22. The summed E-state index contributed by atoms with van der Waals surface area (Å²) in [7, 11) is 2.05. The fraction of sp³-hybridized carbons (Fsp3) is 1.00. The van der Waals surface area contributed by atoms with Crippen molar-refractivity contribution < 1.29 is 4.84 Å². The van der Waals surface area contributed by atoms with Crippen LogP contribution in [0.25, 0.3) is 0 Å². The van der Waals surface area contributed by atoms with Gasteiger partial charge in [0.2, 0.25) is 0 Å². The van der Waals surface area contributed by atoms with E-state index in [0.717, 1.165) is 12.2 Å². The lowest BCUT2D eigenvalue weighted by Crippen LogP contribution is -2.50. The Kier molecular flexibility index (Phi) is 4.29. The van der Waals surface area contributed by atoms with Crippen molar-refractivity contribution in [2.75, 3.05) is 12.8 Å². The summed E-state index contributed by atoms with van der Waals surface area (Å²) in [5.74, 6) is 0.927. The van der Waals surface area contributed by atoms with Gasteiger partial charge in [-0.05, 0) is 37.4 Å². The normalized spacial score (nSPS) is 34.1. The summed E-state index contributed by atoms with van der Waals surface area (Å²) in [6, 6.07) is 0.515. The smallest absolute Gasteiger partial charge is 0.0765 e. The maximum Gasteiger partial charge on any atom is 0.0765 e. The van der Waals surface area contributed by atoms with Crippen molar-refractivity contribution in [3.63, 3.8) is 0 Å². The summed E-state index contributed by atoms with van der Waals surface area (Å²) in [5.41, 5.74) is 0.276. The fourth-order valence-corrected chi connectivity index (χ4v) is 2.66. The van der Waals surface area contributed by atoms with E-state index in [1.807, 2.05) is 5.06 Å². The predicted octanol–water partition coefficient (Wildman–Crippen LogP) is 2.75. The second-order valence-corrected chi connectivity index (χ2v) is 5.04. The van der Waals surface area contributed by atoms with E-state index in [-0.39, 0.29) is 5.41 Å². The molecule has 0 aromatic heterocycles. The first kappa shape index (κ1) is 12.3. The van der Waals surface area contributed by atoms with Crippen LogP contribution in [0.2, 0.25) is 0 Å². The van der Waals surface area contributed by atoms with Gasteiger partial charge in [0.1, 0.15) is 0 Å². The largest absolute Gasteiger partial charge is 0.296 e. The number of hydrogen-bond acceptors (Lipinski definition) is 3. The number of nitrogens with zero attached hydrogens (tertiary/aromatic N) is 1. The lowest BCUT2D eigenvalue weighted by Gasteiger charge is -2.45. The second kappa shape index (κ2) is 4.86. The van der Waals surface area contributed by atoms with Gasteiger partial charge in [0.25, 0.3) is 0 Å². The highest BCUT2D eigenvalue weighted by Crippen LogP contribution is 2.36. The maximum atomic E-state index is 5.75. The molecule has 2 nitrogen and oxygen atoms in total. The standard InChI is InChI=1S/C11H23NOS/c1-5-11(3,8-14)10-7-6-9(2)13-12(10)4/h9-10,14H,5-8H2,1-4H3. The SMILES string of the molecule is CCC(C)(CS)C1CCC(C)ON1C. The van der Waals surface area contributed by atoms with Crippen molar-refractivity contribution in [2.45, 2.75) is 52.2 Å². The molecule has 1 rings (SSSR count). The summed E-state index contributed by atoms with van der Waals surface area (Å²) in [4.78, 5) is 5.75. The van der Waals surface area contributed by atoms with Crippen LogP contribution in [0, 0.1) is 5.41 Å². The molecule has 0 N–H and O–H groups in total. The van der Waals surface area contributed by atoms with Gasteiger partial charge >= 0.3 is 0 Å². The van der Waals surface area contributed by atoms with E-state index in [2.05, 4.69) is 40.4 Å². The molecule has 0 amide bonds. The van der Waals surface area contributed by atoms with Crippen LogP contribution in [0.15, 0.2) is 0 Å². The van der Waals surface area contributed by atoms with Crippen LogP contribution in [-0.2, 0) is 4.84 Å². The Morgan fingerprint density at radius 2 is 2.14 bits per heavy atom. The van der Waals surface area contributed by atoms with Gasteiger partial charge in [-0.1, -0.05) is 13.8 Å². The molecule has 1 aliphatic heterocycles. The van der Waals surface area contributed by atoms with Crippen molar-refractivity contribution in [2.24, 2.45) is 5.41 Å². The Morgan fingerprint density at radius 3 is 2.57 bits per heavy atom. The first-order valence-electron chi connectivity index (χ1n) is 5.54. The van der Waals surface area contributed by atoms with E-state index in [4.69, 9.17) is 4.84 Å². The Labute approximate surface area is 93.4 Å². The minimum atomic E-state index is 0.276. The van der Waals surface area contributed by atoms with Crippen molar-refractivity contribution >= 4 is 12.6 Å². The lowest BCUT2D eigenvalue weighted by molar-refractivity contribution is -0.246.